The lowest BCUT2D eigenvalue weighted by molar-refractivity contribution is -0.0625. The van der Waals surface area contributed by atoms with Crippen LogP contribution < -0.4 is 5.32 Å². The molecule has 0 aromatic carbocycles. The third-order valence-electron chi connectivity index (χ3n) is 5.92. The largest absolute Gasteiger partial charge is 0.370 e. The zero-order valence-electron chi connectivity index (χ0n) is 12.6. The van der Waals surface area contributed by atoms with Crippen molar-refractivity contribution in [3.05, 3.63) is 0 Å². The van der Waals surface area contributed by atoms with Crippen molar-refractivity contribution in [3.8, 4) is 0 Å². The molecule has 1 N–H and O–H groups in total. The summed E-state index contributed by atoms with van der Waals surface area (Å²) in [6, 6.07) is 0. The summed E-state index contributed by atoms with van der Waals surface area (Å²) < 4.78 is 6.42. The van der Waals surface area contributed by atoms with Crippen LogP contribution in [0.2, 0.25) is 0 Å². The molecule has 3 fully saturated rings. The van der Waals surface area contributed by atoms with Gasteiger partial charge in [-0.3, -0.25) is 0 Å². The van der Waals surface area contributed by atoms with Crippen LogP contribution in [0.1, 0.15) is 71.1 Å². The Morgan fingerprint density at radius 1 is 0.947 bits per heavy atom. The zero-order chi connectivity index (χ0) is 13.1. The molecule has 1 spiro atoms. The minimum atomic E-state index is 0.297. The van der Waals surface area contributed by atoms with Crippen LogP contribution in [0, 0.1) is 11.8 Å². The van der Waals surface area contributed by atoms with Crippen LogP contribution in [0.4, 0.5) is 0 Å². The minimum Gasteiger partial charge on any atom is -0.370 e. The molecule has 3 rings (SSSR count). The number of ether oxygens (including phenoxy) is 1. The van der Waals surface area contributed by atoms with Crippen LogP contribution in [0.5, 0.6) is 0 Å². The van der Waals surface area contributed by atoms with Crippen molar-refractivity contribution in [3.63, 3.8) is 0 Å². The third kappa shape index (κ3) is 3.33. The predicted molar refractivity (Wildman–Crippen MR) is 79.3 cm³/mol. The second kappa shape index (κ2) is 6.13. The molecular formula is C17H31NO. The molecule has 3 unspecified atom stereocenters. The van der Waals surface area contributed by atoms with E-state index in [1.807, 2.05) is 0 Å². The van der Waals surface area contributed by atoms with Crippen LogP contribution in [-0.4, -0.2) is 24.8 Å². The molecule has 2 nitrogen and oxygen atoms in total. The number of hydrogen-bond acceptors (Lipinski definition) is 2. The fraction of sp³-hybridized carbons (Fsp3) is 1.00. The summed E-state index contributed by atoms with van der Waals surface area (Å²) in [4.78, 5) is 0. The summed E-state index contributed by atoms with van der Waals surface area (Å²) >= 11 is 0. The number of rotatable bonds is 4. The smallest absolute Gasteiger partial charge is 0.0708 e. The van der Waals surface area contributed by atoms with Crippen molar-refractivity contribution >= 4 is 0 Å². The van der Waals surface area contributed by atoms with Crippen molar-refractivity contribution in [2.24, 2.45) is 11.8 Å². The highest BCUT2D eigenvalue weighted by atomic mass is 16.5. The van der Waals surface area contributed by atoms with Gasteiger partial charge in [0.1, 0.15) is 0 Å². The molecule has 1 heterocycles. The Morgan fingerprint density at radius 2 is 1.79 bits per heavy atom. The molecule has 2 heteroatoms. The highest BCUT2D eigenvalue weighted by Gasteiger charge is 2.40. The lowest BCUT2D eigenvalue weighted by Gasteiger charge is -2.33. The summed E-state index contributed by atoms with van der Waals surface area (Å²) in [5.74, 6) is 1.85. The van der Waals surface area contributed by atoms with E-state index in [9.17, 15) is 0 Å². The van der Waals surface area contributed by atoms with Gasteiger partial charge < -0.3 is 10.1 Å². The maximum atomic E-state index is 6.42. The molecule has 19 heavy (non-hydrogen) atoms. The van der Waals surface area contributed by atoms with Crippen molar-refractivity contribution in [1.29, 1.82) is 0 Å². The summed E-state index contributed by atoms with van der Waals surface area (Å²) in [5, 5.41) is 3.70. The standard InChI is InChI=1S/C17H31NO/c1-14-6-5-7-15(14)12-18-13-16-8-11-17(19-16)9-3-2-4-10-17/h14-16,18H,2-13H2,1H3. The molecule has 110 valence electrons. The quantitative estimate of drug-likeness (QED) is 0.832. The van der Waals surface area contributed by atoms with Crippen LogP contribution in [0.3, 0.4) is 0 Å². The normalized spacial score (nSPS) is 38.1. The Hall–Kier alpha value is -0.0800. The molecule has 3 aliphatic rings. The summed E-state index contributed by atoms with van der Waals surface area (Å²) in [5.41, 5.74) is 0.297. The molecular weight excluding hydrogens is 234 g/mol. The highest BCUT2D eigenvalue weighted by molar-refractivity contribution is 4.92. The molecule has 1 aliphatic heterocycles. The summed E-state index contributed by atoms with van der Waals surface area (Å²) in [6.07, 6.45) is 14.3. The minimum absolute atomic E-state index is 0.297. The average molecular weight is 265 g/mol. The second-order valence-electron chi connectivity index (χ2n) is 7.35. The van der Waals surface area contributed by atoms with Crippen LogP contribution in [0.15, 0.2) is 0 Å². The fourth-order valence-electron chi connectivity index (χ4n) is 4.56. The maximum Gasteiger partial charge on any atom is 0.0708 e. The predicted octanol–water partition coefficient (Wildman–Crippen LogP) is 3.89. The first-order chi connectivity index (χ1) is 9.27. The Labute approximate surface area is 118 Å². The van der Waals surface area contributed by atoms with Gasteiger partial charge in [0.25, 0.3) is 0 Å². The highest BCUT2D eigenvalue weighted by Crippen LogP contribution is 2.41. The van der Waals surface area contributed by atoms with Crippen molar-refractivity contribution in [1.82, 2.24) is 5.32 Å². The molecule has 0 amide bonds. The van der Waals surface area contributed by atoms with Crippen molar-refractivity contribution in [2.75, 3.05) is 13.1 Å². The molecule has 2 aliphatic carbocycles. The first-order valence-corrected chi connectivity index (χ1v) is 8.66. The monoisotopic (exact) mass is 265 g/mol. The van der Waals surface area contributed by atoms with Gasteiger partial charge in [-0.1, -0.05) is 39.0 Å². The van der Waals surface area contributed by atoms with Gasteiger partial charge in [-0.05, 0) is 50.5 Å². The van der Waals surface area contributed by atoms with Gasteiger partial charge in [0.2, 0.25) is 0 Å². The maximum absolute atomic E-state index is 6.42. The van der Waals surface area contributed by atoms with E-state index in [-0.39, 0.29) is 0 Å². The van der Waals surface area contributed by atoms with E-state index in [1.165, 1.54) is 70.8 Å². The Morgan fingerprint density at radius 3 is 2.53 bits per heavy atom. The zero-order valence-corrected chi connectivity index (χ0v) is 12.6. The molecule has 0 aromatic rings. The van der Waals surface area contributed by atoms with E-state index in [2.05, 4.69) is 12.2 Å². The van der Waals surface area contributed by atoms with E-state index >= 15 is 0 Å². The molecule has 2 saturated carbocycles. The van der Waals surface area contributed by atoms with Crippen LogP contribution in [-0.2, 0) is 4.74 Å². The second-order valence-corrected chi connectivity index (χ2v) is 7.35. The molecule has 0 radical (unpaired) electrons. The Kier molecular flexibility index (Phi) is 4.48. The fourth-order valence-corrected chi connectivity index (χ4v) is 4.56. The summed E-state index contributed by atoms with van der Waals surface area (Å²) in [7, 11) is 0. The lowest BCUT2D eigenvalue weighted by atomic mass is 9.83. The molecule has 3 atom stereocenters. The molecule has 1 saturated heterocycles. The van der Waals surface area contributed by atoms with E-state index in [1.54, 1.807) is 0 Å². The van der Waals surface area contributed by atoms with Crippen molar-refractivity contribution < 1.29 is 4.74 Å². The lowest BCUT2D eigenvalue weighted by Crippen LogP contribution is -2.36. The van der Waals surface area contributed by atoms with Gasteiger partial charge in [0.15, 0.2) is 0 Å². The molecule has 0 bridgehead atoms. The number of nitrogens with one attached hydrogen (secondary N) is 1. The van der Waals surface area contributed by atoms with E-state index < -0.39 is 0 Å². The van der Waals surface area contributed by atoms with Gasteiger partial charge in [-0.15, -0.1) is 0 Å². The van der Waals surface area contributed by atoms with Gasteiger partial charge in [-0.2, -0.15) is 0 Å². The topological polar surface area (TPSA) is 21.3 Å². The van der Waals surface area contributed by atoms with Gasteiger partial charge in [0.05, 0.1) is 11.7 Å². The Balaban J connectivity index is 1.37. The SMILES string of the molecule is CC1CCCC1CNCC1CCC2(CCCCC2)O1. The first-order valence-electron chi connectivity index (χ1n) is 8.66. The van der Waals surface area contributed by atoms with Gasteiger partial charge in [-0.25, -0.2) is 0 Å². The van der Waals surface area contributed by atoms with E-state index in [0.29, 0.717) is 11.7 Å². The van der Waals surface area contributed by atoms with E-state index in [4.69, 9.17) is 4.74 Å². The third-order valence-corrected chi connectivity index (χ3v) is 5.92. The van der Waals surface area contributed by atoms with E-state index in [0.717, 1.165) is 18.4 Å². The average Bonchev–Trinajstić information content (AvgIpc) is 2.99. The van der Waals surface area contributed by atoms with Crippen LogP contribution >= 0.6 is 0 Å². The van der Waals surface area contributed by atoms with Crippen LogP contribution in [0.25, 0.3) is 0 Å². The first kappa shape index (κ1) is 13.9. The van der Waals surface area contributed by atoms with Gasteiger partial charge in [0, 0.05) is 6.54 Å². The number of hydrogen-bond donors (Lipinski definition) is 1. The Bertz CT molecular complexity index is 285. The van der Waals surface area contributed by atoms with Gasteiger partial charge >= 0.3 is 0 Å². The van der Waals surface area contributed by atoms with Crippen molar-refractivity contribution in [2.45, 2.75) is 82.8 Å². The molecule has 0 aromatic heterocycles. The summed E-state index contributed by atoms with van der Waals surface area (Å²) in [6.45, 7) is 4.72.